The summed E-state index contributed by atoms with van der Waals surface area (Å²) in [5, 5.41) is 2.72. The highest BCUT2D eigenvalue weighted by atomic mass is 19.1. The number of carbonyl (C=O) groups is 2. The van der Waals surface area contributed by atoms with Crippen molar-refractivity contribution in [2.45, 2.75) is 26.2 Å². The number of nitrogens with one attached hydrogen (secondary N) is 1. The third kappa shape index (κ3) is 3.56. The minimum absolute atomic E-state index is 0.0395. The number of carbonyl (C=O) groups excluding carboxylic acids is 2. The molecule has 1 aromatic rings. The lowest BCUT2D eigenvalue weighted by atomic mass is 10.1. The molecule has 5 heteroatoms. The second-order valence-electron chi connectivity index (χ2n) is 5.09. The molecule has 0 bridgehead atoms. The van der Waals surface area contributed by atoms with Crippen molar-refractivity contribution in [3.8, 4) is 0 Å². The Hall–Kier alpha value is -1.91. The molecule has 0 saturated carbocycles. The van der Waals surface area contributed by atoms with E-state index in [0.717, 1.165) is 19.4 Å². The Labute approximate surface area is 118 Å². The lowest BCUT2D eigenvalue weighted by Gasteiger charge is -2.15. The predicted molar refractivity (Wildman–Crippen MR) is 74.6 cm³/mol. The number of hydrogen-bond acceptors (Lipinski definition) is 2. The molecule has 1 N–H and O–H groups in total. The van der Waals surface area contributed by atoms with E-state index in [9.17, 15) is 14.0 Å². The fraction of sp³-hybridized carbons (Fsp3) is 0.467. The zero-order valence-electron chi connectivity index (χ0n) is 11.6. The second-order valence-corrected chi connectivity index (χ2v) is 5.09. The van der Waals surface area contributed by atoms with E-state index in [1.807, 2.05) is 0 Å². The number of nitrogens with zero attached hydrogens (tertiary/aromatic N) is 1. The molecule has 1 atom stereocenters. The molecule has 1 fully saturated rings. The predicted octanol–water partition coefficient (Wildman–Crippen LogP) is 2.41. The van der Waals surface area contributed by atoms with Crippen LogP contribution in [-0.4, -0.2) is 29.8 Å². The van der Waals surface area contributed by atoms with E-state index in [0.29, 0.717) is 12.2 Å². The first-order valence-corrected chi connectivity index (χ1v) is 6.94. The van der Waals surface area contributed by atoms with Gasteiger partial charge in [0.25, 0.3) is 0 Å². The fourth-order valence-corrected chi connectivity index (χ4v) is 2.29. The van der Waals surface area contributed by atoms with Crippen molar-refractivity contribution >= 4 is 17.5 Å². The van der Waals surface area contributed by atoms with Crippen LogP contribution >= 0.6 is 0 Å². The van der Waals surface area contributed by atoms with Gasteiger partial charge in [-0.05, 0) is 30.7 Å². The lowest BCUT2D eigenvalue weighted by molar-refractivity contribution is -0.128. The summed E-state index contributed by atoms with van der Waals surface area (Å²) in [5.74, 6) is -0.796. The summed E-state index contributed by atoms with van der Waals surface area (Å²) in [6.45, 7) is 3.26. The van der Waals surface area contributed by atoms with Crippen molar-refractivity contribution in [3.63, 3.8) is 0 Å². The van der Waals surface area contributed by atoms with Crippen LogP contribution in [0.25, 0.3) is 0 Å². The Morgan fingerprint density at radius 3 is 2.75 bits per heavy atom. The molecule has 0 radical (unpaired) electrons. The van der Waals surface area contributed by atoms with E-state index < -0.39 is 0 Å². The molecule has 1 saturated heterocycles. The molecular weight excluding hydrogens is 259 g/mol. The Morgan fingerprint density at radius 2 is 2.10 bits per heavy atom. The van der Waals surface area contributed by atoms with Gasteiger partial charge in [-0.3, -0.25) is 9.59 Å². The van der Waals surface area contributed by atoms with Gasteiger partial charge in [-0.25, -0.2) is 4.39 Å². The van der Waals surface area contributed by atoms with Gasteiger partial charge < -0.3 is 10.2 Å². The molecule has 0 unspecified atom stereocenters. The van der Waals surface area contributed by atoms with Gasteiger partial charge >= 0.3 is 0 Å². The maximum absolute atomic E-state index is 12.8. The van der Waals surface area contributed by atoms with Crippen molar-refractivity contribution in [1.82, 2.24) is 4.90 Å². The molecule has 0 aromatic heterocycles. The number of hydrogen-bond donors (Lipinski definition) is 1. The van der Waals surface area contributed by atoms with E-state index in [1.165, 1.54) is 24.3 Å². The van der Waals surface area contributed by atoms with Crippen molar-refractivity contribution < 1.29 is 14.0 Å². The SMILES string of the molecule is CCCCN1C[C@H](C(=O)Nc2ccc(F)cc2)CC1=O. The zero-order valence-corrected chi connectivity index (χ0v) is 11.6. The maximum Gasteiger partial charge on any atom is 0.229 e. The quantitative estimate of drug-likeness (QED) is 0.899. The summed E-state index contributed by atoms with van der Waals surface area (Å²) in [5.41, 5.74) is 0.552. The molecule has 108 valence electrons. The Bertz CT molecular complexity index is 487. The van der Waals surface area contributed by atoms with Gasteiger partial charge in [0, 0.05) is 25.2 Å². The topological polar surface area (TPSA) is 49.4 Å². The van der Waals surface area contributed by atoms with Crippen LogP contribution in [0.2, 0.25) is 0 Å². The molecule has 1 aliphatic heterocycles. The van der Waals surface area contributed by atoms with E-state index in [2.05, 4.69) is 12.2 Å². The normalized spacial score (nSPS) is 18.4. The number of unbranched alkanes of at least 4 members (excludes halogenated alkanes) is 1. The van der Waals surface area contributed by atoms with Crippen molar-refractivity contribution in [3.05, 3.63) is 30.1 Å². The molecule has 1 aliphatic rings. The fourth-order valence-electron chi connectivity index (χ4n) is 2.29. The Morgan fingerprint density at radius 1 is 1.40 bits per heavy atom. The van der Waals surface area contributed by atoms with Crippen molar-refractivity contribution in [1.29, 1.82) is 0 Å². The molecule has 1 heterocycles. The number of likely N-dealkylation sites (tertiary alicyclic amines) is 1. The van der Waals surface area contributed by atoms with Crippen LogP contribution < -0.4 is 5.32 Å². The van der Waals surface area contributed by atoms with Crippen LogP contribution in [-0.2, 0) is 9.59 Å². The maximum atomic E-state index is 12.8. The van der Waals surface area contributed by atoms with Crippen LogP contribution in [0.5, 0.6) is 0 Å². The molecule has 0 aliphatic carbocycles. The van der Waals surface area contributed by atoms with Gasteiger partial charge in [0.2, 0.25) is 11.8 Å². The summed E-state index contributed by atoms with van der Waals surface area (Å²) in [6, 6.07) is 5.61. The van der Waals surface area contributed by atoms with Gasteiger partial charge in [-0.2, -0.15) is 0 Å². The van der Waals surface area contributed by atoms with Crippen LogP contribution in [0.3, 0.4) is 0 Å². The van der Waals surface area contributed by atoms with E-state index >= 15 is 0 Å². The van der Waals surface area contributed by atoms with E-state index in [4.69, 9.17) is 0 Å². The highest BCUT2D eigenvalue weighted by Crippen LogP contribution is 2.20. The first kappa shape index (κ1) is 14.5. The monoisotopic (exact) mass is 278 g/mol. The molecule has 2 rings (SSSR count). The molecule has 2 amide bonds. The largest absolute Gasteiger partial charge is 0.342 e. The Balaban J connectivity index is 1.90. The van der Waals surface area contributed by atoms with Gasteiger partial charge in [-0.1, -0.05) is 13.3 Å². The van der Waals surface area contributed by atoms with Crippen LogP contribution in [0.1, 0.15) is 26.2 Å². The zero-order chi connectivity index (χ0) is 14.5. The number of anilines is 1. The second kappa shape index (κ2) is 6.50. The highest BCUT2D eigenvalue weighted by molar-refractivity contribution is 5.97. The average Bonchev–Trinajstić information content (AvgIpc) is 2.80. The van der Waals surface area contributed by atoms with E-state index in [1.54, 1.807) is 4.90 Å². The van der Waals surface area contributed by atoms with Crippen molar-refractivity contribution in [2.75, 3.05) is 18.4 Å². The lowest BCUT2D eigenvalue weighted by Crippen LogP contribution is -2.29. The number of amides is 2. The van der Waals surface area contributed by atoms with Crippen LogP contribution in [0, 0.1) is 11.7 Å². The van der Waals surface area contributed by atoms with Crippen LogP contribution in [0.15, 0.2) is 24.3 Å². The van der Waals surface area contributed by atoms with Crippen LogP contribution in [0.4, 0.5) is 10.1 Å². The summed E-state index contributed by atoms with van der Waals surface area (Å²) >= 11 is 0. The number of benzene rings is 1. The number of halogens is 1. The molecule has 4 nitrogen and oxygen atoms in total. The first-order valence-electron chi connectivity index (χ1n) is 6.94. The summed E-state index contributed by atoms with van der Waals surface area (Å²) in [6.07, 6.45) is 2.24. The smallest absolute Gasteiger partial charge is 0.229 e. The molecular formula is C15H19FN2O2. The molecule has 20 heavy (non-hydrogen) atoms. The van der Waals surface area contributed by atoms with Gasteiger partial charge in [0.05, 0.1) is 5.92 Å². The molecule has 0 spiro atoms. The van der Waals surface area contributed by atoms with Gasteiger partial charge in [-0.15, -0.1) is 0 Å². The molecule has 1 aromatic carbocycles. The summed E-state index contributed by atoms with van der Waals surface area (Å²) in [7, 11) is 0. The minimum Gasteiger partial charge on any atom is -0.342 e. The Kier molecular flexibility index (Phi) is 4.71. The summed E-state index contributed by atoms with van der Waals surface area (Å²) < 4.78 is 12.8. The summed E-state index contributed by atoms with van der Waals surface area (Å²) in [4.78, 5) is 25.6. The third-order valence-electron chi connectivity index (χ3n) is 3.48. The highest BCUT2D eigenvalue weighted by Gasteiger charge is 2.33. The minimum atomic E-state index is -0.343. The standard InChI is InChI=1S/C15H19FN2O2/c1-2-3-8-18-10-11(9-14(18)19)15(20)17-13-6-4-12(16)5-7-13/h4-7,11H,2-3,8-10H2,1H3,(H,17,20)/t11-/m1/s1. The average molecular weight is 278 g/mol. The van der Waals surface area contributed by atoms with E-state index in [-0.39, 0.29) is 30.0 Å². The van der Waals surface area contributed by atoms with Gasteiger partial charge in [0.15, 0.2) is 0 Å². The third-order valence-corrected chi connectivity index (χ3v) is 3.48. The number of rotatable bonds is 5. The van der Waals surface area contributed by atoms with Gasteiger partial charge in [0.1, 0.15) is 5.82 Å². The van der Waals surface area contributed by atoms with Crippen molar-refractivity contribution in [2.24, 2.45) is 5.92 Å². The first-order chi connectivity index (χ1) is 9.60.